The molecular weight excluding hydrogens is 467 g/mol. The van der Waals surface area contributed by atoms with Gasteiger partial charge in [0, 0.05) is 57.8 Å². The van der Waals surface area contributed by atoms with Gasteiger partial charge in [0.05, 0.1) is 32.5 Å². The summed E-state index contributed by atoms with van der Waals surface area (Å²) in [5.74, 6) is -1.84. The molecule has 36 heavy (non-hydrogen) atoms. The van der Waals surface area contributed by atoms with Crippen LogP contribution in [0.1, 0.15) is 29.7 Å². The second kappa shape index (κ2) is 11.0. The molecule has 0 saturated carbocycles. The Hall–Kier alpha value is -2.29. The van der Waals surface area contributed by atoms with Crippen LogP contribution in [0.4, 0.5) is 18.9 Å². The minimum Gasteiger partial charge on any atom is -0.492 e. The van der Waals surface area contributed by atoms with Crippen molar-refractivity contribution in [3.05, 3.63) is 59.2 Å². The molecule has 0 radical (unpaired) electrons. The van der Waals surface area contributed by atoms with Gasteiger partial charge in [0.1, 0.15) is 12.4 Å². The van der Waals surface area contributed by atoms with Gasteiger partial charge in [-0.3, -0.25) is 14.2 Å². The second-order valence-electron chi connectivity index (χ2n) is 10.4. The molecule has 0 aromatic heterocycles. The largest absolute Gasteiger partial charge is 0.492 e. The minimum atomic E-state index is -2.77. The summed E-state index contributed by atoms with van der Waals surface area (Å²) >= 11 is 0. The van der Waals surface area contributed by atoms with Crippen LogP contribution in [0.5, 0.6) is 5.75 Å². The molecule has 196 valence electrons. The number of hydrogen-bond acceptors (Lipinski definition) is 5. The second-order valence-corrected chi connectivity index (χ2v) is 10.4. The molecule has 2 aromatic rings. The third-order valence-corrected chi connectivity index (χ3v) is 7.43. The highest BCUT2D eigenvalue weighted by Gasteiger charge is 2.35. The van der Waals surface area contributed by atoms with Crippen molar-refractivity contribution >= 4 is 5.69 Å². The number of ether oxygens (including phenoxy) is 2. The Morgan fingerprint density at radius 1 is 1.03 bits per heavy atom. The Balaban J connectivity index is 1.31. The monoisotopic (exact) mass is 503 g/mol. The van der Waals surface area contributed by atoms with Crippen molar-refractivity contribution in [1.29, 1.82) is 0 Å². The third-order valence-electron chi connectivity index (χ3n) is 7.43. The molecule has 2 aromatic carbocycles. The highest BCUT2D eigenvalue weighted by atomic mass is 19.3. The van der Waals surface area contributed by atoms with Gasteiger partial charge in [-0.2, -0.15) is 0 Å². The van der Waals surface area contributed by atoms with E-state index >= 15 is 0 Å². The lowest BCUT2D eigenvalue weighted by atomic mass is 9.87. The summed E-state index contributed by atoms with van der Waals surface area (Å²) in [6.07, 6.45) is 0.751. The first kappa shape index (κ1) is 25.4. The first-order valence-corrected chi connectivity index (χ1v) is 13.0. The Bertz CT molecular complexity index is 1000. The molecule has 0 bridgehead atoms. The number of benzene rings is 2. The maximum atomic E-state index is 14.1. The summed E-state index contributed by atoms with van der Waals surface area (Å²) < 4.78 is 52.2. The van der Waals surface area contributed by atoms with E-state index in [9.17, 15) is 13.2 Å². The Labute approximate surface area is 211 Å². The van der Waals surface area contributed by atoms with E-state index in [0.717, 1.165) is 76.2 Å². The molecule has 2 saturated heterocycles. The number of anilines is 1. The van der Waals surface area contributed by atoms with Crippen LogP contribution >= 0.6 is 0 Å². The molecule has 3 aliphatic rings. The van der Waals surface area contributed by atoms with Gasteiger partial charge in [-0.05, 0) is 47.4 Å². The molecule has 3 heterocycles. The van der Waals surface area contributed by atoms with Crippen LogP contribution in [0.25, 0.3) is 0 Å². The number of nitrogens with zero attached hydrogens (tertiary/aromatic N) is 3. The van der Waals surface area contributed by atoms with Gasteiger partial charge in [0.15, 0.2) is 0 Å². The number of halogens is 3. The number of rotatable bonds is 9. The summed E-state index contributed by atoms with van der Waals surface area (Å²) in [4.78, 5) is 6.42. The summed E-state index contributed by atoms with van der Waals surface area (Å²) in [6.45, 7) is 7.15. The van der Waals surface area contributed by atoms with Gasteiger partial charge in [-0.25, -0.2) is 8.78 Å². The highest BCUT2D eigenvalue weighted by molar-refractivity contribution is 5.54. The molecule has 5 nitrogen and oxygen atoms in total. The van der Waals surface area contributed by atoms with E-state index in [2.05, 4.69) is 28.0 Å². The maximum Gasteiger partial charge on any atom is 0.257 e. The van der Waals surface area contributed by atoms with E-state index in [0.29, 0.717) is 13.2 Å². The molecule has 0 unspecified atom stereocenters. The van der Waals surface area contributed by atoms with Crippen molar-refractivity contribution in [2.75, 3.05) is 77.2 Å². The van der Waals surface area contributed by atoms with Gasteiger partial charge in [0.25, 0.3) is 5.92 Å². The van der Waals surface area contributed by atoms with Crippen molar-refractivity contribution in [3.8, 4) is 5.75 Å². The highest BCUT2D eigenvalue weighted by Crippen LogP contribution is 2.38. The Morgan fingerprint density at radius 3 is 2.47 bits per heavy atom. The molecule has 0 spiro atoms. The van der Waals surface area contributed by atoms with Crippen LogP contribution in [0.3, 0.4) is 0 Å². The van der Waals surface area contributed by atoms with Crippen molar-refractivity contribution in [2.45, 2.75) is 25.3 Å². The Kier molecular flexibility index (Phi) is 7.74. The van der Waals surface area contributed by atoms with E-state index in [1.54, 1.807) is 0 Å². The predicted molar refractivity (Wildman–Crippen MR) is 135 cm³/mol. The van der Waals surface area contributed by atoms with Crippen LogP contribution < -0.4 is 9.64 Å². The van der Waals surface area contributed by atoms with E-state index in [-0.39, 0.29) is 25.2 Å². The fourth-order valence-corrected chi connectivity index (χ4v) is 5.60. The van der Waals surface area contributed by atoms with E-state index in [1.165, 1.54) is 11.3 Å². The van der Waals surface area contributed by atoms with Crippen molar-refractivity contribution in [3.63, 3.8) is 0 Å². The van der Waals surface area contributed by atoms with Crippen molar-refractivity contribution in [1.82, 2.24) is 9.80 Å². The van der Waals surface area contributed by atoms with Gasteiger partial charge in [-0.15, -0.1) is 0 Å². The molecule has 8 heteroatoms. The van der Waals surface area contributed by atoms with Crippen LogP contribution in [0.15, 0.2) is 42.5 Å². The fourth-order valence-electron chi connectivity index (χ4n) is 5.60. The first-order valence-electron chi connectivity index (χ1n) is 13.0. The maximum absolute atomic E-state index is 14.1. The van der Waals surface area contributed by atoms with Crippen LogP contribution in [-0.4, -0.2) is 88.0 Å². The van der Waals surface area contributed by atoms with Crippen molar-refractivity contribution in [2.24, 2.45) is 5.92 Å². The molecular formula is C28H36F3N3O2. The zero-order valence-electron chi connectivity index (χ0n) is 21.0. The van der Waals surface area contributed by atoms with Gasteiger partial charge in [-0.1, -0.05) is 18.2 Å². The fraction of sp³-hybridized carbons (Fsp3) is 0.571. The van der Waals surface area contributed by atoms with E-state index in [1.807, 2.05) is 29.2 Å². The Morgan fingerprint density at radius 2 is 1.78 bits per heavy atom. The topological polar surface area (TPSA) is 28.2 Å². The molecule has 5 rings (SSSR count). The lowest BCUT2D eigenvalue weighted by molar-refractivity contribution is -0.0238. The average Bonchev–Trinajstić information content (AvgIpc) is 2.85. The number of alkyl halides is 3. The van der Waals surface area contributed by atoms with Crippen LogP contribution in [0.2, 0.25) is 0 Å². The third kappa shape index (κ3) is 5.98. The molecule has 0 N–H and O–H groups in total. The van der Waals surface area contributed by atoms with Gasteiger partial charge >= 0.3 is 0 Å². The standard InChI is InChI=1S/C28H36F3N3O2/c1-28(30,31)20-34-9-8-23-16-24(33-11-13-35-14-12-33)4-7-26(23)27(34)22-2-5-25(6-3-22)36-15-10-32-18-21(17-29)19-32/h2-7,16,21,27H,8-15,17-20H2,1H3/t27-/m1/s1. The zero-order valence-corrected chi connectivity index (χ0v) is 21.0. The summed E-state index contributed by atoms with van der Waals surface area (Å²) in [7, 11) is 0. The number of hydrogen-bond donors (Lipinski definition) is 0. The van der Waals surface area contributed by atoms with E-state index in [4.69, 9.17) is 9.47 Å². The normalized spacial score (nSPS) is 21.8. The number of fused-ring (bicyclic) bond motifs is 1. The minimum absolute atomic E-state index is 0.172. The van der Waals surface area contributed by atoms with Gasteiger partial charge < -0.3 is 14.4 Å². The molecule has 2 fully saturated rings. The average molecular weight is 504 g/mol. The summed E-state index contributed by atoms with van der Waals surface area (Å²) in [5.41, 5.74) is 4.48. The van der Waals surface area contributed by atoms with Crippen LogP contribution in [0, 0.1) is 5.92 Å². The first-order chi connectivity index (χ1) is 17.4. The number of likely N-dealkylation sites (tertiary alicyclic amines) is 1. The number of morpholine rings is 1. The van der Waals surface area contributed by atoms with Crippen molar-refractivity contribution < 1.29 is 22.6 Å². The molecule has 1 atom stereocenters. The summed E-state index contributed by atoms with van der Waals surface area (Å²) in [6, 6.07) is 14.1. The zero-order chi connectivity index (χ0) is 25.1. The van der Waals surface area contributed by atoms with Crippen LogP contribution in [-0.2, 0) is 11.2 Å². The smallest absolute Gasteiger partial charge is 0.257 e. The molecule has 0 amide bonds. The predicted octanol–water partition coefficient (Wildman–Crippen LogP) is 4.41. The molecule has 3 aliphatic heterocycles. The molecule has 0 aliphatic carbocycles. The summed E-state index contributed by atoms with van der Waals surface area (Å²) in [5, 5.41) is 0. The lowest BCUT2D eigenvalue weighted by Gasteiger charge is -2.39. The van der Waals surface area contributed by atoms with Gasteiger partial charge in [0.2, 0.25) is 0 Å². The van der Waals surface area contributed by atoms with E-state index < -0.39 is 5.92 Å². The quantitative estimate of drug-likeness (QED) is 0.506. The lowest BCUT2D eigenvalue weighted by Crippen LogP contribution is -2.49. The SMILES string of the molecule is CC(F)(F)CN1CCc2cc(N3CCOCC3)ccc2[C@H]1c1ccc(OCCN2CC(CF)C2)cc1.